The van der Waals surface area contributed by atoms with E-state index >= 15 is 0 Å². The summed E-state index contributed by atoms with van der Waals surface area (Å²) in [4.78, 5) is 38.7. The van der Waals surface area contributed by atoms with E-state index in [1.54, 1.807) is 26.0 Å². The van der Waals surface area contributed by atoms with Gasteiger partial charge in [0.15, 0.2) is 23.8 Å². The number of nitrogens with zero attached hydrogens (tertiary/aromatic N) is 2. The van der Waals surface area contributed by atoms with E-state index in [-0.39, 0.29) is 41.1 Å². The Morgan fingerprint density at radius 2 is 2.00 bits per heavy atom. The second-order valence-corrected chi connectivity index (χ2v) is 8.19. The van der Waals surface area contributed by atoms with Gasteiger partial charge in [0.05, 0.1) is 21.7 Å². The number of esters is 2. The Hall–Kier alpha value is -3.19. The molecule has 3 rings (SSSR count). The number of ether oxygens (including phenoxy) is 4. The second-order valence-electron chi connectivity index (χ2n) is 6.62. The zero-order valence-corrected chi connectivity index (χ0v) is 20.9. The van der Waals surface area contributed by atoms with Crippen LogP contribution in [0, 0.1) is 13.7 Å². The predicted octanol–water partition coefficient (Wildman–Crippen LogP) is 4.54. The molecule has 0 aromatic heterocycles. The van der Waals surface area contributed by atoms with E-state index in [1.807, 2.05) is 22.6 Å². The number of cyclic esters (lactones) is 1. The molecule has 0 bridgehead atoms. The number of nitro benzene ring substituents is 1. The summed E-state index contributed by atoms with van der Waals surface area (Å²) in [5.74, 6) is -0.572. The van der Waals surface area contributed by atoms with Crippen molar-refractivity contribution < 1.29 is 33.5 Å². The highest BCUT2D eigenvalue weighted by Gasteiger charge is 2.26. The molecule has 1 aliphatic rings. The fourth-order valence-corrected chi connectivity index (χ4v) is 3.85. The number of halogens is 2. The zero-order chi connectivity index (χ0) is 24.8. The Bertz CT molecular complexity index is 1210. The van der Waals surface area contributed by atoms with Gasteiger partial charge in [-0.25, -0.2) is 14.6 Å². The molecule has 0 aliphatic carbocycles. The van der Waals surface area contributed by atoms with Crippen LogP contribution in [0.5, 0.6) is 11.5 Å². The van der Waals surface area contributed by atoms with E-state index in [4.69, 9.17) is 30.5 Å². The summed E-state index contributed by atoms with van der Waals surface area (Å²) in [5.41, 5.74) is 0.464. The summed E-state index contributed by atoms with van der Waals surface area (Å²) in [6, 6.07) is 7.33. The lowest BCUT2D eigenvalue weighted by Crippen LogP contribution is -2.15. The minimum absolute atomic E-state index is 0.00829. The molecule has 10 nitrogen and oxygen atoms in total. The van der Waals surface area contributed by atoms with Gasteiger partial charge in [0.2, 0.25) is 5.90 Å². The lowest BCUT2D eigenvalue weighted by atomic mass is 10.1. The molecule has 1 heterocycles. The molecule has 2 aromatic rings. The molecule has 0 N–H and O–H groups in total. The van der Waals surface area contributed by atoms with Crippen LogP contribution in [-0.4, -0.2) is 42.6 Å². The molecule has 178 valence electrons. The van der Waals surface area contributed by atoms with Crippen LogP contribution >= 0.6 is 34.2 Å². The molecule has 1 aliphatic heterocycles. The first-order chi connectivity index (χ1) is 16.2. The number of benzene rings is 2. The fourth-order valence-electron chi connectivity index (χ4n) is 2.88. The van der Waals surface area contributed by atoms with E-state index in [2.05, 4.69) is 4.99 Å². The Morgan fingerprint density at radius 3 is 2.68 bits per heavy atom. The molecule has 0 unspecified atom stereocenters. The van der Waals surface area contributed by atoms with Crippen molar-refractivity contribution in [2.24, 2.45) is 4.99 Å². The van der Waals surface area contributed by atoms with Gasteiger partial charge in [-0.1, -0.05) is 11.6 Å². The third-order valence-electron chi connectivity index (χ3n) is 4.29. The molecule has 0 saturated carbocycles. The van der Waals surface area contributed by atoms with Crippen LogP contribution in [0.4, 0.5) is 5.69 Å². The maximum atomic E-state index is 12.4. The van der Waals surface area contributed by atoms with Crippen LogP contribution in [0.2, 0.25) is 5.02 Å². The van der Waals surface area contributed by atoms with Gasteiger partial charge in [-0.3, -0.25) is 10.1 Å². The Labute approximate surface area is 212 Å². The van der Waals surface area contributed by atoms with E-state index in [0.717, 1.165) is 0 Å². The smallest absolute Gasteiger partial charge is 0.363 e. The molecule has 2 aromatic carbocycles. The van der Waals surface area contributed by atoms with Crippen LogP contribution in [0.15, 0.2) is 41.0 Å². The standard InChI is InChI=1S/C22H18ClIN2O8/c1-3-31-18-9-12(7-15(24)20(18)33-11-19(27)32-4-2)8-16-22(28)34-21(25-16)13-5-6-14(23)17(10-13)26(29)30/h5-10H,3-4,11H2,1-2H3/b16-8-. The topological polar surface area (TPSA) is 127 Å². The predicted molar refractivity (Wildman–Crippen MR) is 131 cm³/mol. The molecule has 34 heavy (non-hydrogen) atoms. The van der Waals surface area contributed by atoms with E-state index < -0.39 is 16.9 Å². The molecule has 0 fully saturated rings. The summed E-state index contributed by atoms with van der Waals surface area (Å²) < 4.78 is 21.9. The summed E-state index contributed by atoms with van der Waals surface area (Å²) in [6.07, 6.45) is 1.49. The van der Waals surface area contributed by atoms with Gasteiger partial charge in [-0.05, 0) is 72.3 Å². The number of aliphatic imine (C=N–C) groups is 1. The van der Waals surface area contributed by atoms with Gasteiger partial charge < -0.3 is 18.9 Å². The van der Waals surface area contributed by atoms with Crippen molar-refractivity contribution in [1.82, 2.24) is 0 Å². The van der Waals surface area contributed by atoms with Crippen molar-refractivity contribution in [1.29, 1.82) is 0 Å². The minimum Gasteiger partial charge on any atom is -0.490 e. The Balaban J connectivity index is 1.92. The third kappa shape index (κ3) is 6.03. The molecular weight excluding hydrogens is 583 g/mol. The number of hydrogen-bond acceptors (Lipinski definition) is 9. The summed E-state index contributed by atoms with van der Waals surface area (Å²) in [6.45, 7) is 3.80. The van der Waals surface area contributed by atoms with E-state index in [0.29, 0.717) is 27.2 Å². The average Bonchev–Trinajstić information content (AvgIpc) is 3.13. The minimum atomic E-state index is -0.719. The quantitative estimate of drug-likeness (QED) is 0.135. The number of carbonyl (C=O) groups is 2. The van der Waals surface area contributed by atoms with Gasteiger partial charge in [-0.15, -0.1) is 0 Å². The maximum absolute atomic E-state index is 12.4. The average molecular weight is 601 g/mol. The van der Waals surface area contributed by atoms with Crippen molar-refractivity contribution in [3.05, 3.63) is 65.9 Å². The first-order valence-electron chi connectivity index (χ1n) is 9.95. The van der Waals surface area contributed by atoms with E-state index in [9.17, 15) is 19.7 Å². The van der Waals surface area contributed by atoms with Gasteiger partial charge >= 0.3 is 11.9 Å². The monoisotopic (exact) mass is 600 g/mol. The fraction of sp³-hybridized carbons (Fsp3) is 0.227. The Morgan fingerprint density at radius 1 is 1.24 bits per heavy atom. The van der Waals surface area contributed by atoms with E-state index in [1.165, 1.54) is 24.3 Å². The first-order valence-corrected chi connectivity index (χ1v) is 11.4. The summed E-state index contributed by atoms with van der Waals surface area (Å²) >= 11 is 7.86. The Kier molecular flexibility index (Phi) is 8.45. The van der Waals surface area contributed by atoms with Crippen LogP contribution < -0.4 is 9.47 Å². The lowest BCUT2D eigenvalue weighted by Gasteiger charge is -2.14. The molecule has 0 amide bonds. The lowest BCUT2D eigenvalue weighted by molar-refractivity contribution is -0.384. The van der Waals surface area contributed by atoms with Gasteiger partial charge in [0.25, 0.3) is 5.69 Å². The van der Waals surface area contributed by atoms with Crippen LogP contribution in [0.1, 0.15) is 25.0 Å². The van der Waals surface area contributed by atoms with Crippen molar-refractivity contribution in [3.63, 3.8) is 0 Å². The number of rotatable bonds is 9. The third-order valence-corrected chi connectivity index (χ3v) is 5.41. The number of nitro groups is 1. The zero-order valence-electron chi connectivity index (χ0n) is 18.0. The number of carbonyl (C=O) groups excluding carboxylic acids is 2. The highest BCUT2D eigenvalue weighted by Crippen LogP contribution is 2.35. The summed E-state index contributed by atoms with van der Waals surface area (Å²) in [7, 11) is 0. The van der Waals surface area contributed by atoms with Gasteiger partial charge in [0, 0.05) is 11.6 Å². The molecule has 0 radical (unpaired) electrons. The van der Waals surface area contributed by atoms with Gasteiger partial charge in [-0.2, -0.15) is 0 Å². The van der Waals surface area contributed by atoms with Crippen LogP contribution in [0.3, 0.4) is 0 Å². The van der Waals surface area contributed by atoms with Crippen molar-refractivity contribution >= 4 is 63.8 Å². The van der Waals surface area contributed by atoms with Crippen molar-refractivity contribution in [3.8, 4) is 11.5 Å². The highest BCUT2D eigenvalue weighted by molar-refractivity contribution is 14.1. The second kappa shape index (κ2) is 11.3. The maximum Gasteiger partial charge on any atom is 0.363 e. The largest absolute Gasteiger partial charge is 0.490 e. The normalized spacial score (nSPS) is 13.9. The molecular formula is C22H18ClIN2O8. The highest BCUT2D eigenvalue weighted by atomic mass is 127. The van der Waals surface area contributed by atoms with Crippen molar-refractivity contribution in [2.75, 3.05) is 19.8 Å². The molecule has 0 saturated heterocycles. The SMILES string of the molecule is CCOC(=O)COc1c(I)cc(/C=C2\N=C(c3ccc(Cl)c([N+](=O)[O-])c3)OC2=O)cc1OCC. The van der Waals surface area contributed by atoms with Crippen LogP contribution in [-0.2, 0) is 19.1 Å². The molecule has 0 atom stereocenters. The summed E-state index contributed by atoms with van der Waals surface area (Å²) in [5, 5.41) is 11.1. The molecule has 12 heteroatoms. The number of hydrogen-bond donors (Lipinski definition) is 0. The molecule has 0 spiro atoms. The first kappa shape index (κ1) is 25.4. The van der Waals surface area contributed by atoms with Crippen molar-refractivity contribution in [2.45, 2.75) is 13.8 Å². The van der Waals surface area contributed by atoms with Gasteiger partial charge in [0.1, 0.15) is 5.02 Å². The van der Waals surface area contributed by atoms with Crippen LogP contribution in [0.25, 0.3) is 6.08 Å².